The summed E-state index contributed by atoms with van der Waals surface area (Å²) >= 11 is 0. The molecule has 3 nitrogen and oxygen atoms in total. The normalized spacial score (nSPS) is 15.2. The van der Waals surface area contributed by atoms with Crippen LogP contribution in [0.3, 0.4) is 0 Å². The summed E-state index contributed by atoms with van der Waals surface area (Å²) < 4.78 is 37.8. The first-order valence-electron chi connectivity index (χ1n) is 4.86. The summed E-state index contributed by atoms with van der Waals surface area (Å²) in [5, 5.41) is 0. The number of nitrogens with zero attached hydrogens (tertiary/aromatic N) is 1. The zero-order valence-electron chi connectivity index (χ0n) is 9.45. The van der Waals surface area contributed by atoms with Crippen LogP contribution in [0.5, 0.6) is 0 Å². The molecule has 2 N–H and O–H groups in total. The van der Waals surface area contributed by atoms with Crippen molar-refractivity contribution in [1.29, 1.82) is 0 Å². The van der Waals surface area contributed by atoms with Crippen LogP contribution in [0.1, 0.15) is 6.92 Å². The molecule has 0 heterocycles. The Morgan fingerprint density at radius 1 is 1.24 bits per heavy atom. The van der Waals surface area contributed by atoms with E-state index in [1.54, 1.807) is 18.2 Å². The van der Waals surface area contributed by atoms with E-state index in [4.69, 9.17) is 5.73 Å². The summed E-state index contributed by atoms with van der Waals surface area (Å²) in [7, 11) is 1.26. The number of amides is 1. The lowest BCUT2D eigenvalue weighted by Gasteiger charge is -2.30. The highest BCUT2D eigenvalue weighted by Gasteiger charge is 2.55. The lowest BCUT2D eigenvalue weighted by atomic mass is 10.0. The second-order valence-corrected chi connectivity index (χ2v) is 3.90. The Balaban J connectivity index is 2.99. The second kappa shape index (κ2) is 4.37. The summed E-state index contributed by atoms with van der Waals surface area (Å²) in [4.78, 5) is 12.6. The number of benzene rings is 1. The molecule has 1 aromatic rings. The Kier molecular flexibility index (Phi) is 3.47. The van der Waals surface area contributed by atoms with E-state index in [9.17, 15) is 18.0 Å². The van der Waals surface area contributed by atoms with E-state index in [-0.39, 0.29) is 0 Å². The van der Waals surface area contributed by atoms with Crippen molar-refractivity contribution < 1.29 is 18.0 Å². The van der Waals surface area contributed by atoms with Crippen LogP contribution in [-0.2, 0) is 4.79 Å². The molecule has 0 saturated carbocycles. The maximum Gasteiger partial charge on any atom is 0.415 e. The van der Waals surface area contributed by atoms with E-state index in [0.29, 0.717) is 12.6 Å². The lowest BCUT2D eigenvalue weighted by Crippen LogP contribution is -2.61. The minimum absolute atomic E-state index is 0.360. The molecule has 94 valence electrons. The standard InChI is InChI=1S/C11H13F3N2O/c1-10(15,11(12,13)14)9(17)16(2)8-6-4-3-5-7-8/h3-7H,15H2,1-2H3. The zero-order chi connectivity index (χ0) is 13.3. The van der Waals surface area contributed by atoms with E-state index in [0.717, 1.165) is 4.90 Å². The molecule has 0 fully saturated rings. The number of alkyl halides is 3. The summed E-state index contributed by atoms with van der Waals surface area (Å²) in [6.45, 7) is 0.661. The number of rotatable bonds is 2. The van der Waals surface area contributed by atoms with Crippen molar-refractivity contribution in [3.63, 3.8) is 0 Å². The quantitative estimate of drug-likeness (QED) is 0.866. The maximum atomic E-state index is 12.6. The van der Waals surface area contributed by atoms with Gasteiger partial charge in [0.1, 0.15) is 0 Å². The average molecular weight is 246 g/mol. The number of para-hydroxylation sites is 1. The average Bonchev–Trinajstić information content (AvgIpc) is 2.26. The van der Waals surface area contributed by atoms with Crippen molar-refractivity contribution in [3.05, 3.63) is 30.3 Å². The zero-order valence-corrected chi connectivity index (χ0v) is 9.45. The molecule has 0 spiro atoms. The monoisotopic (exact) mass is 246 g/mol. The third-order valence-electron chi connectivity index (χ3n) is 2.48. The van der Waals surface area contributed by atoms with Gasteiger partial charge in [-0.25, -0.2) is 0 Å². The van der Waals surface area contributed by atoms with Gasteiger partial charge in [-0.05, 0) is 19.1 Å². The van der Waals surface area contributed by atoms with Crippen molar-refractivity contribution in [2.24, 2.45) is 5.73 Å². The molecule has 1 unspecified atom stereocenters. The van der Waals surface area contributed by atoms with Gasteiger partial charge in [0.25, 0.3) is 5.91 Å². The highest BCUT2D eigenvalue weighted by molar-refractivity contribution is 6.00. The van der Waals surface area contributed by atoms with Gasteiger partial charge in [-0.2, -0.15) is 13.2 Å². The minimum Gasteiger partial charge on any atom is -0.314 e. The van der Waals surface area contributed by atoms with E-state index in [1.165, 1.54) is 19.2 Å². The number of carbonyl (C=O) groups is 1. The Bertz CT molecular complexity index is 401. The summed E-state index contributed by atoms with van der Waals surface area (Å²) in [6.07, 6.45) is -4.78. The molecule has 0 aliphatic carbocycles. The van der Waals surface area contributed by atoms with Gasteiger partial charge in [0, 0.05) is 12.7 Å². The van der Waals surface area contributed by atoms with Gasteiger partial charge in [-0.15, -0.1) is 0 Å². The number of hydrogen-bond donors (Lipinski definition) is 1. The molecular weight excluding hydrogens is 233 g/mol. The van der Waals surface area contributed by atoms with Gasteiger partial charge in [-0.1, -0.05) is 18.2 Å². The first-order valence-corrected chi connectivity index (χ1v) is 4.86. The van der Waals surface area contributed by atoms with Crippen LogP contribution in [0, 0.1) is 0 Å². The SMILES string of the molecule is CN(C(=O)C(C)(N)C(F)(F)F)c1ccccc1. The van der Waals surface area contributed by atoms with Crippen LogP contribution in [0.4, 0.5) is 18.9 Å². The van der Waals surface area contributed by atoms with Crippen molar-refractivity contribution in [1.82, 2.24) is 0 Å². The van der Waals surface area contributed by atoms with Crippen molar-refractivity contribution in [2.75, 3.05) is 11.9 Å². The molecule has 17 heavy (non-hydrogen) atoms. The molecule has 0 aliphatic rings. The maximum absolute atomic E-state index is 12.6. The Hall–Kier alpha value is -1.56. The second-order valence-electron chi connectivity index (χ2n) is 3.90. The molecule has 0 bridgehead atoms. The van der Waals surface area contributed by atoms with Crippen LogP contribution < -0.4 is 10.6 Å². The third-order valence-corrected chi connectivity index (χ3v) is 2.48. The van der Waals surface area contributed by atoms with Gasteiger partial charge in [0.15, 0.2) is 5.54 Å². The number of carbonyl (C=O) groups excluding carboxylic acids is 1. The fourth-order valence-electron chi connectivity index (χ4n) is 1.24. The predicted octanol–water partition coefficient (Wildman–Crippen LogP) is 1.93. The third kappa shape index (κ3) is 2.58. The Morgan fingerprint density at radius 3 is 2.12 bits per heavy atom. The van der Waals surface area contributed by atoms with Crippen LogP contribution in [0.25, 0.3) is 0 Å². The Labute approximate surface area is 97.0 Å². The van der Waals surface area contributed by atoms with Gasteiger partial charge >= 0.3 is 6.18 Å². The fraction of sp³-hybridized carbons (Fsp3) is 0.364. The number of anilines is 1. The highest BCUT2D eigenvalue weighted by atomic mass is 19.4. The fourth-order valence-corrected chi connectivity index (χ4v) is 1.24. The van der Waals surface area contributed by atoms with Crippen LogP contribution >= 0.6 is 0 Å². The smallest absolute Gasteiger partial charge is 0.314 e. The van der Waals surface area contributed by atoms with Crippen molar-refractivity contribution in [3.8, 4) is 0 Å². The van der Waals surface area contributed by atoms with E-state index < -0.39 is 17.6 Å². The summed E-state index contributed by atoms with van der Waals surface area (Å²) in [5.74, 6) is -1.20. The van der Waals surface area contributed by atoms with Crippen LogP contribution in [0.2, 0.25) is 0 Å². The Morgan fingerprint density at radius 2 is 1.71 bits per heavy atom. The van der Waals surface area contributed by atoms with Crippen LogP contribution in [0.15, 0.2) is 30.3 Å². The van der Waals surface area contributed by atoms with Gasteiger partial charge in [0.2, 0.25) is 0 Å². The number of halogens is 3. The number of nitrogens with two attached hydrogens (primary N) is 1. The molecule has 0 radical (unpaired) electrons. The molecule has 1 rings (SSSR count). The molecular formula is C11H13F3N2O. The minimum atomic E-state index is -4.78. The predicted molar refractivity (Wildman–Crippen MR) is 58.5 cm³/mol. The molecule has 6 heteroatoms. The molecule has 0 aliphatic heterocycles. The summed E-state index contributed by atoms with van der Waals surface area (Å²) in [5.41, 5.74) is 2.53. The largest absolute Gasteiger partial charge is 0.415 e. The molecule has 1 atom stereocenters. The number of hydrogen-bond acceptors (Lipinski definition) is 2. The van der Waals surface area contributed by atoms with Crippen molar-refractivity contribution >= 4 is 11.6 Å². The topological polar surface area (TPSA) is 46.3 Å². The summed E-state index contributed by atoms with van der Waals surface area (Å²) in [6, 6.07) is 8.02. The van der Waals surface area contributed by atoms with E-state index >= 15 is 0 Å². The van der Waals surface area contributed by atoms with Gasteiger partial charge in [-0.3, -0.25) is 4.79 Å². The van der Waals surface area contributed by atoms with Crippen LogP contribution in [-0.4, -0.2) is 24.7 Å². The number of likely N-dealkylation sites (N-methyl/N-ethyl adjacent to an activating group) is 1. The molecule has 1 aromatic carbocycles. The highest BCUT2D eigenvalue weighted by Crippen LogP contribution is 2.30. The lowest BCUT2D eigenvalue weighted by molar-refractivity contribution is -0.185. The molecule has 0 saturated heterocycles. The molecule has 1 amide bonds. The molecule has 0 aromatic heterocycles. The van der Waals surface area contributed by atoms with Gasteiger partial charge < -0.3 is 10.6 Å². The van der Waals surface area contributed by atoms with Crippen molar-refractivity contribution in [2.45, 2.75) is 18.6 Å². The first-order chi connectivity index (χ1) is 7.68. The van der Waals surface area contributed by atoms with E-state index in [1.807, 2.05) is 0 Å². The first kappa shape index (κ1) is 13.5. The van der Waals surface area contributed by atoms with E-state index in [2.05, 4.69) is 0 Å². The van der Waals surface area contributed by atoms with Gasteiger partial charge in [0.05, 0.1) is 0 Å².